The van der Waals surface area contributed by atoms with Crippen LogP contribution in [0.3, 0.4) is 0 Å². The number of hydrogen-bond donors (Lipinski definition) is 2. The smallest absolute Gasteiger partial charge is 0.270 e. The van der Waals surface area contributed by atoms with Gasteiger partial charge in [0.2, 0.25) is 0 Å². The summed E-state index contributed by atoms with van der Waals surface area (Å²) in [6.07, 6.45) is 1.62. The molecule has 0 atom stereocenters. The first-order valence-electron chi connectivity index (χ1n) is 6.41. The summed E-state index contributed by atoms with van der Waals surface area (Å²) >= 11 is 5.90. The summed E-state index contributed by atoms with van der Waals surface area (Å²) in [5.41, 5.74) is 2.23. The normalized spacial score (nSPS) is 10.1. The largest absolute Gasteiger partial charge is 0.385 e. The molecule has 1 heterocycles. The first-order valence-corrected chi connectivity index (χ1v) is 6.79. The number of benzene rings is 1. The Morgan fingerprint density at radius 1 is 1.30 bits per heavy atom. The number of amides is 1. The fraction of sp³-hybridized carbons (Fsp3) is 0.200. The van der Waals surface area contributed by atoms with Crippen LogP contribution in [0.1, 0.15) is 23.0 Å². The van der Waals surface area contributed by atoms with E-state index in [2.05, 4.69) is 15.6 Å². The first kappa shape index (κ1) is 14.3. The summed E-state index contributed by atoms with van der Waals surface area (Å²) in [6, 6.07) is 11.0. The molecule has 0 saturated heterocycles. The SMILES string of the molecule is CCNc1ccnc(C(=O)NCc2cccc(Cl)c2)c1. The van der Waals surface area contributed by atoms with Gasteiger partial charge in [0.1, 0.15) is 5.69 Å². The van der Waals surface area contributed by atoms with Crippen LogP contribution in [0.2, 0.25) is 5.02 Å². The van der Waals surface area contributed by atoms with Crippen LogP contribution in [0.25, 0.3) is 0 Å². The summed E-state index contributed by atoms with van der Waals surface area (Å²) in [5.74, 6) is -0.204. The van der Waals surface area contributed by atoms with Gasteiger partial charge >= 0.3 is 0 Å². The molecule has 2 N–H and O–H groups in total. The van der Waals surface area contributed by atoms with Gasteiger partial charge in [-0.3, -0.25) is 9.78 Å². The monoisotopic (exact) mass is 289 g/mol. The Morgan fingerprint density at radius 2 is 2.15 bits per heavy atom. The molecule has 0 aliphatic heterocycles. The van der Waals surface area contributed by atoms with Crippen molar-refractivity contribution in [2.45, 2.75) is 13.5 Å². The maximum absolute atomic E-state index is 12.0. The van der Waals surface area contributed by atoms with Crippen molar-refractivity contribution < 1.29 is 4.79 Å². The number of hydrogen-bond acceptors (Lipinski definition) is 3. The molecule has 0 radical (unpaired) electrons. The molecule has 20 heavy (non-hydrogen) atoms. The third kappa shape index (κ3) is 3.96. The van der Waals surface area contributed by atoms with E-state index in [0.717, 1.165) is 17.8 Å². The average Bonchev–Trinajstić information content (AvgIpc) is 2.45. The number of nitrogens with zero attached hydrogens (tertiary/aromatic N) is 1. The molecule has 0 fully saturated rings. The van der Waals surface area contributed by atoms with Crippen molar-refractivity contribution in [3.8, 4) is 0 Å². The first-order chi connectivity index (χ1) is 9.69. The highest BCUT2D eigenvalue weighted by Gasteiger charge is 2.07. The Kier molecular flexibility index (Phi) is 4.96. The molecule has 5 heteroatoms. The molecular weight excluding hydrogens is 274 g/mol. The maximum Gasteiger partial charge on any atom is 0.270 e. The fourth-order valence-corrected chi connectivity index (χ4v) is 2.00. The van der Waals surface area contributed by atoms with E-state index in [4.69, 9.17) is 11.6 Å². The number of carbonyl (C=O) groups excluding carboxylic acids is 1. The van der Waals surface area contributed by atoms with Gasteiger partial charge in [0.15, 0.2) is 0 Å². The second-order valence-corrected chi connectivity index (χ2v) is 4.71. The van der Waals surface area contributed by atoms with Crippen LogP contribution >= 0.6 is 11.6 Å². The molecule has 0 unspecified atom stereocenters. The van der Waals surface area contributed by atoms with Crippen molar-refractivity contribution in [1.82, 2.24) is 10.3 Å². The average molecular weight is 290 g/mol. The second kappa shape index (κ2) is 6.91. The highest BCUT2D eigenvalue weighted by atomic mass is 35.5. The summed E-state index contributed by atoms with van der Waals surface area (Å²) in [4.78, 5) is 16.1. The van der Waals surface area contributed by atoms with Crippen molar-refractivity contribution >= 4 is 23.2 Å². The van der Waals surface area contributed by atoms with E-state index >= 15 is 0 Å². The summed E-state index contributed by atoms with van der Waals surface area (Å²) in [6.45, 7) is 3.22. The molecule has 4 nitrogen and oxygen atoms in total. The standard InChI is InChI=1S/C15H16ClN3O/c1-2-17-13-6-7-18-14(9-13)15(20)19-10-11-4-3-5-12(16)8-11/h3-9H,2,10H2,1H3,(H,17,18)(H,19,20). The Morgan fingerprint density at radius 3 is 2.90 bits per heavy atom. The zero-order valence-electron chi connectivity index (χ0n) is 11.2. The molecule has 1 aromatic heterocycles. The van der Waals surface area contributed by atoms with E-state index in [9.17, 15) is 4.79 Å². The lowest BCUT2D eigenvalue weighted by Gasteiger charge is -2.07. The number of pyridine rings is 1. The molecule has 2 rings (SSSR count). The minimum Gasteiger partial charge on any atom is -0.385 e. The Labute approximate surface area is 123 Å². The molecule has 104 valence electrons. The molecule has 1 aromatic carbocycles. The Balaban J connectivity index is 1.99. The third-order valence-electron chi connectivity index (χ3n) is 2.72. The maximum atomic E-state index is 12.0. The number of anilines is 1. The van der Waals surface area contributed by atoms with Crippen molar-refractivity contribution in [2.24, 2.45) is 0 Å². The Hall–Kier alpha value is -2.07. The van der Waals surface area contributed by atoms with Gasteiger partial charge in [-0.15, -0.1) is 0 Å². The highest BCUT2D eigenvalue weighted by molar-refractivity contribution is 6.30. The van der Waals surface area contributed by atoms with Crippen molar-refractivity contribution in [3.05, 3.63) is 58.9 Å². The zero-order valence-corrected chi connectivity index (χ0v) is 11.9. The van der Waals surface area contributed by atoms with E-state index < -0.39 is 0 Å². The predicted molar refractivity (Wildman–Crippen MR) is 81.0 cm³/mol. The predicted octanol–water partition coefficient (Wildman–Crippen LogP) is 3.10. The fourth-order valence-electron chi connectivity index (χ4n) is 1.79. The van der Waals surface area contributed by atoms with Crippen molar-refractivity contribution in [2.75, 3.05) is 11.9 Å². The molecule has 0 aliphatic rings. The van der Waals surface area contributed by atoms with Gasteiger partial charge < -0.3 is 10.6 Å². The molecule has 1 amide bonds. The van der Waals surface area contributed by atoms with Gasteiger partial charge in [-0.05, 0) is 36.8 Å². The second-order valence-electron chi connectivity index (χ2n) is 4.27. The highest BCUT2D eigenvalue weighted by Crippen LogP contribution is 2.11. The molecule has 2 aromatic rings. The number of rotatable bonds is 5. The van der Waals surface area contributed by atoms with Gasteiger partial charge in [-0.2, -0.15) is 0 Å². The van der Waals surface area contributed by atoms with Gasteiger partial charge in [0.25, 0.3) is 5.91 Å². The van der Waals surface area contributed by atoms with Crippen LogP contribution in [-0.4, -0.2) is 17.4 Å². The zero-order chi connectivity index (χ0) is 14.4. The van der Waals surface area contributed by atoms with E-state index in [1.165, 1.54) is 0 Å². The van der Waals surface area contributed by atoms with Crippen LogP contribution in [0, 0.1) is 0 Å². The third-order valence-corrected chi connectivity index (χ3v) is 2.95. The molecule has 0 saturated carbocycles. The minimum atomic E-state index is -0.204. The number of carbonyl (C=O) groups is 1. The van der Waals surface area contributed by atoms with Crippen LogP contribution in [-0.2, 0) is 6.54 Å². The van der Waals surface area contributed by atoms with E-state index in [0.29, 0.717) is 17.3 Å². The van der Waals surface area contributed by atoms with Crippen molar-refractivity contribution in [1.29, 1.82) is 0 Å². The summed E-state index contributed by atoms with van der Waals surface area (Å²) in [7, 11) is 0. The summed E-state index contributed by atoms with van der Waals surface area (Å²) < 4.78 is 0. The summed E-state index contributed by atoms with van der Waals surface area (Å²) in [5, 5.41) is 6.63. The molecule has 0 aliphatic carbocycles. The number of nitrogens with one attached hydrogen (secondary N) is 2. The molecular formula is C15H16ClN3O. The lowest BCUT2D eigenvalue weighted by molar-refractivity contribution is 0.0946. The molecule has 0 spiro atoms. The lowest BCUT2D eigenvalue weighted by atomic mass is 10.2. The molecule has 0 bridgehead atoms. The van der Waals surface area contributed by atoms with Gasteiger partial charge in [-0.1, -0.05) is 23.7 Å². The minimum absolute atomic E-state index is 0.204. The van der Waals surface area contributed by atoms with Gasteiger partial charge in [0.05, 0.1) is 0 Å². The number of aromatic nitrogens is 1. The topological polar surface area (TPSA) is 54.0 Å². The van der Waals surface area contributed by atoms with Crippen molar-refractivity contribution in [3.63, 3.8) is 0 Å². The van der Waals surface area contributed by atoms with E-state index in [1.54, 1.807) is 18.3 Å². The Bertz CT molecular complexity index is 601. The van der Waals surface area contributed by atoms with E-state index in [1.807, 2.05) is 31.2 Å². The van der Waals surface area contributed by atoms with Gasteiger partial charge in [0, 0.05) is 30.0 Å². The van der Waals surface area contributed by atoms with Gasteiger partial charge in [-0.25, -0.2) is 0 Å². The van der Waals surface area contributed by atoms with Crippen LogP contribution in [0.5, 0.6) is 0 Å². The van der Waals surface area contributed by atoms with Crippen LogP contribution in [0.4, 0.5) is 5.69 Å². The quantitative estimate of drug-likeness (QED) is 0.889. The number of halogens is 1. The van der Waals surface area contributed by atoms with Crippen LogP contribution in [0.15, 0.2) is 42.6 Å². The van der Waals surface area contributed by atoms with Crippen LogP contribution < -0.4 is 10.6 Å². The van der Waals surface area contributed by atoms with E-state index in [-0.39, 0.29) is 5.91 Å². The lowest BCUT2D eigenvalue weighted by Crippen LogP contribution is -2.23.